The minimum Gasteiger partial charge on any atom is -0.395 e. The fourth-order valence-corrected chi connectivity index (χ4v) is 13.3. The molecule has 2 rings (SSSR count). The fraction of sp³-hybridized carbons (Fsp3) is 1.00. The third-order valence-electron chi connectivity index (χ3n) is 6.54. The summed E-state index contributed by atoms with van der Waals surface area (Å²) >= 11 is 0. The largest absolute Gasteiger partial charge is 0.658 e. The van der Waals surface area contributed by atoms with Crippen molar-refractivity contribution in [3.8, 4) is 0 Å². The molecular weight excluding hydrogens is 513 g/mol. The average molecular weight is 567 g/mol. The third kappa shape index (κ3) is 11.2. The van der Waals surface area contributed by atoms with Crippen LogP contribution in [-0.4, -0.2) is 75.9 Å². The molecule has 1 saturated heterocycles. The number of aliphatic hydroxyl groups is 1. The highest BCUT2D eigenvalue weighted by molar-refractivity contribution is 6.83. The van der Waals surface area contributed by atoms with E-state index in [1.165, 1.54) is 52.1 Å². The third-order valence-corrected chi connectivity index (χ3v) is 14.6. The molecule has 0 spiro atoms. The van der Waals surface area contributed by atoms with Crippen molar-refractivity contribution in [1.29, 1.82) is 0 Å². The van der Waals surface area contributed by atoms with Crippen molar-refractivity contribution >= 4 is 25.7 Å². The lowest BCUT2D eigenvalue weighted by Gasteiger charge is -2.41. The normalized spacial score (nSPS) is 28.6. The van der Waals surface area contributed by atoms with Crippen LogP contribution in [0.4, 0.5) is 0 Å². The van der Waals surface area contributed by atoms with Crippen molar-refractivity contribution in [3.63, 3.8) is 0 Å². The van der Waals surface area contributed by atoms with E-state index in [2.05, 4.69) is 39.3 Å². The molecule has 1 saturated carbocycles. The maximum Gasteiger partial charge on any atom is 0.658 e. The van der Waals surface area contributed by atoms with E-state index in [-0.39, 0.29) is 12.7 Å². The highest BCUT2D eigenvalue weighted by atomic mass is 28.5. The fourth-order valence-electron chi connectivity index (χ4n) is 4.78. The minimum atomic E-state index is -3.63. The van der Waals surface area contributed by atoms with Crippen LogP contribution >= 0.6 is 0 Å². The molecule has 1 aliphatic heterocycles. The van der Waals surface area contributed by atoms with Gasteiger partial charge in [-0.3, -0.25) is 0 Å². The van der Waals surface area contributed by atoms with E-state index in [1.54, 1.807) is 7.11 Å². The summed E-state index contributed by atoms with van der Waals surface area (Å²) < 4.78 is 43.9. The van der Waals surface area contributed by atoms with Crippen LogP contribution < -0.4 is 0 Å². The molecule has 2 aliphatic rings. The lowest BCUT2D eigenvalue weighted by molar-refractivity contribution is -0.290. The molecule has 0 radical (unpaired) electrons. The molecule has 0 bridgehead atoms. The van der Waals surface area contributed by atoms with Crippen LogP contribution in [0, 0.1) is 0 Å². The Morgan fingerprint density at radius 1 is 0.778 bits per heavy atom. The van der Waals surface area contributed by atoms with Crippen molar-refractivity contribution in [2.24, 2.45) is 0 Å². The van der Waals surface area contributed by atoms with Crippen LogP contribution in [0.5, 0.6) is 0 Å². The van der Waals surface area contributed by atoms with Gasteiger partial charge in [-0.05, 0) is 52.1 Å². The summed E-state index contributed by atoms with van der Waals surface area (Å²) in [5.74, 6) is -1.36. The Morgan fingerprint density at radius 3 is 1.64 bits per heavy atom. The van der Waals surface area contributed by atoms with Crippen LogP contribution in [0.1, 0.15) is 77.0 Å². The van der Waals surface area contributed by atoms with Crippen molar-refractivity contribution < 1.29 is 36.4 Å². The van der Waals surface area contributed by atoms with E-state index < -0.39 is 43.9 Å². The van der Waals surface area contributed by atoms with Gasteiger partial charge in [-0.15, -0.1) is 0 Å². The van der Waals surface area contributed by atoms with E-state index >= 15 is 0 Å². The Bertz CT molecular complexity index is 599. The Balaban J connectivity index is 2.30. The van der Waals surface area contributed by atoms with Crippen LogP contribution in [0.15, 0.2) is 0 Å². The lowest BCUT2D eigenvalue weighted by Crippen LogP contribution is -2.62. The topological polar surface area (TPSA) is 84.8 Å². The molecule has 1 aliphatic carbocycles. The van der Waals surface area contributed by atoms with Gasteiger partial charge >= 0.3 is 9.05 Å². The molecule has 1 N–H and O–H groups in total. The van der Waals surface area contributed by atoms with Gasteiger partial charge in [0.05, 0.1) is 12.7 Å². The zero-order chi connectivity index (χ0) is 26.9. The first-order valence-electron chi connectivity index (χ1n) is 14.0. The van der Waals surface area contributed by atoms with Gasteiger partial charge in [-0.2, -0.15) is 0 Å². The van der Waals surface area contributed by atoms with Gasteiger partial charge in [0.1, 0.15) is 6.10 Å². The van der Waals surface area contributed by atoms with Crippen LogP contribution in [0.2, 0.25) is 39.3 Å². The first-order chi connectivity index (χ1) is 16.8. The highest BCUT2D eigenvalue weighted by Crippen LogP contribution is 2.35. The van der Waals surface area contributed by atoms with Gasteiger partial charge in [0.2, 0.25) is 5.79 Å². The van der Waals surface area contributed by atoms with Gasteiger partial charge in [0.25, 0.3) is 0 Å². The van der Waals surface area contributed by atoms with E-state index in [1.807, 2.05) is 0 Å². The predicted octanol–water partition coefficient (Wildman–Crippen LogP) is 5.93. The molecule has 214 valence electrons. The van der Waals surface area contributed by atoms with Crippen molar-refractivity contribution in [2.45, 2.75) is 141 Å². The van der Waals surface area contributed by atoms with Gasteiger partial charge in [-0.25, -0.2) is 0 Å². The van der Waals surface area contributed by atoms with Crippen molar-refractivity contribution in [1.82, 2.24) is 0 Å². The highest BCUT2D eigenvalue weighted by Gasteiger charge is 2.57. The monoisotopic (exact) mass is 566 g/mol. The Kier molecular flexibility index (Phi) is 13.2. The summed E-state index contributed by atoms with van der Waals surface area (Å²) in [4.78, 5) is 0. The summed E-state index contributed by atoms with van der Waals surface area (Å²) in [7, 11) is -4.84. The molecule has 8 nitrogen and oxygen atoms in total. The Hall–Kier alpha value is 0.331. The standard InChI is InChI=1S/C25H54O8Si3/c1-27-24-20-23(26)25(28-2,30-24)21-29-36(32-34(3,4)5,33-35(6,7)8)31-22-18-16-14-12-10-9-11-13-15-17-19-22/h22-24,26H,9-21H2,1-8H3/t23-,24-,25+/m0/s1. The molecule has 1 heterocycles. The molecule has 2 fully saturated rings. The van der Waals surface area contributed by atoms with Gasteiger partial charge < -0.3 is 36.4 Å². The molecule has 3 atom stereocenters. The molecule has 0 amide bonds. The number of hydrogen-bond acceptors (Lipinski definition) is 8. The van der Waals surface area contributed by atoms with Crippen LogP contribution in [0.3, 0.4) is 0 Å². The molecule has 0 unspecified atom stereocenters. The Labute approximate surface area is 223 Å². The van der Waals surface area contributed by atoms with Crippen LogP contribution in [-0.2, 0) is 31.3 Å². The first kappa shape index (κ1) is 32.5. The second kappa shape index (κ2) is 14.6. The first-order valence-corrected chi connectivity index (χ1v) is 22.4. The maximum atomic E-state index is 10.8. The number of rotatable bonds is 11. The van der Waals surface area contributed by atoms with Crippen LogP contribution in [0.25, 0.3) is 0 Å². The summed E-state index contributed by atoms with van der Waals surface area (Å²) in [6.07, 6.45) is 12.1. The number of ether oxygens (including phenoxy) is 3. The zero-order valence-electron chi connectivity index (χ0n) is 24.2. The molecule has 11 heteroatoms. The summed E-state index contributed by atoms with van der Waals surface area (Å²) in [5, 5.41) is 10.8. The predicted molar refractivity (Wildman–Crippen MR) is 148 cm³/mol. The number of aliphatic hydroxyl groups excluding tert-OH is 1. The van der Waals surface area contributed by atoms with Gasteiger partial charge in [0, 0.05) is 20.6 Å². The number of hydrogen-bond donors (Lipinski definition) is 1. The molecule has 0 aromatic rings. The van der Waals surface area contributed by atoms with E-state index in [9.17, 15) is 5.11 Å². The Morgan fingerprint density at radius 2 is 1.25 bits per heavy atom. The molecule has 36 heavy (non-hydrogen) atoms. The second-order valence-corrected chi connectivity index (χ2v) is 23.9. The van der Waals surface area contributed by atoms with Crippen molar-refractivity contribution in [2.75, 3.05) is 20.8 Å². The lowest BCUT2D eigenvalue weighted by atomic mass is 10.00. The molecule has 0 aromatic heterocycles. The smallest absolute Gasteiger partial charge is 0.395 e. The summed E-state index contributed by atoms with van der Waals surface area (Å²) in [6.45, 7) is 12.7. The second-order valence-electron chi connectivity index (χ2n) is 12.3. The summed E-state index contributed by atoms with van der Waals surface area (Å²) in [5.41, 5.74) is 0. The quantitative estimate of drug-likeness (QED) is 0.308. The van der Waals surface area contributed by atoms with Gasteiger partial charge in [0.15, 0.2) is 22.9 Å². The van der Waals surface area contributed by atoms with E-state index in [4.69, 9.17) is 31.3 Å². The average Bonchev–Trinajstić information content (AvgIpc) is 3.08. The maximum absolute atomic E-state index is 10.8. The van der Waals surface area contributed by atoms with E-state index in [0.717, 1.165) is 25.7 Å². The molecule has 0 aromatic carbocycles. The summed E-state index contributed by atoms with van der Waals surface area (Å²) in [6, 6.07) is 0. The zero-order valence-corrected chi connectivity index (χ0v) is 27.2. The van der Waals surface area contributed by atoms with Crippen molar-refractivity contribution in [3.05, 3.63) is 0 Å². The minimum absolute atomic E-state index is 0.0171. The van der Waals surface area contributed by atoms with E-state index in [0.29, 0.717) is 6.42 Å². The SMILES string of the molecule is CO[C@@H]1C[C@H](O)[C@](CO[Si](OC2CCCCCCCCCCC2)(O[Si](C)(C)C)O[Si](C)(C)C)(OC)O1. The number of methoxy groups -OCH3 is 2. The van der Waals surface area contributed by atoms with Gasteiger partial charge in [-0.1, -0.05) is 57.8 Å². The molecular formula is C25H54O8Si3.